The van der Waals surface area contributed by atoms with E-state index in [2.05, 4.69) is 0 Å². The van der Waals surface area contributed by atoms with Crippen LogP contribution >= 0.6 is 0 Å². The summed E-state index contributed by atoms with van der Waals surface area (Å²) in [5.74, 6) is -4.02. The van der Waals surface area contributed by atoms with Crippen LogP contribution < -0.4 is 0 Å². The van der Waals surface area contributed by atoms with Crippen molar-refractivity contribution >= 4 is 5.78 Å². The molecule has 3 atom stereocenters. The Balaban J connectivity index is 2.65. The molecule has 2 bridgehead atoms. The quantitative estimate of drug-likeness (QED) is 0.669. The number of Topliss-reactive ketones (excluding diaryl/α,β-unsaturated/α-hetero) is 1. The van der Waals surface area contributed by atoms with E-state index >= 15 is 0 Å². The third kappa shape index (κ3) is 1.25. The number of carbonyl (C=O) groups excluding carboxylic acids is 1. The zero-order valence-corrected chi connectivity index (χ0v) is 9.85. The molecule has 2 aliphatic rings. The summed E-state index contributed by atoms with van der Waals surface area (Å²) in [6, 6.07) is 0. The monoisotopic (exact) mass is 249 g/mol. The van der Waals surface area contributed by atoms with Gasteiger partial charge in [-0.15, -0.1) is 0 Å². The number of rotatable bonds is 0. The van der Waals surface area contributed by atoms with E-state index in [0.29, 0.717) is 0 Å². The highest BCUT2D eigenvalue weighted by Crippen LogP contribution is 2.69. The Labute approximate surface area is 98.9 Å². The molecule has 17 heavy (non-hydrogen) atoms. The summed E-state index contributed by atoms with van der Waals surface area (Å²) >= 11 is 0. The molecule has 0 aliphatic heterocycles. The minimum absolute atomic E-state index is 0.0470. The lowest BCUT2D eigenvalue weighted by atomic mass is 9.70. The van der Waals surface area contributed by atoms with Gasteiger partial charge in [0.25, 0.3) is 0 Å². The van der Waals surface area contributed by atoms with Crippen molar-refractivity contribution in [1.29, 1.82) is 0 Å². The third-order valence-corrected chi connectivity index (χ3v) is 4.77. The van der Waals surface area contributed by atoms with Crippen LogP contribution in [0.3, 0.4) is 0 Å². The molecule has 2 rings (SSSR count). The molecule has 2 fully saturated rings. The fourth-order valence-electron chi connectivity index (χ4n) is 3.46. The molecule has 0 aromatic rings. The van der Waals surface area contributed by atoms with Gasteiger partial charge in [0.1, 0.15) is 7.29 Å². The van der Waals surface area contributed by atoms with Crippen LogP contribution in [0.1, 0.15) is 28.6 Å². The standard InChI is InChI=1S/C12H15F3O2/c1-10(2)7-6(5-16)4-11(10,3)9(17)8(7)12(13,14)15/h5,7-8,16H,4H2,1-3H3/i5D. The largest absolute Gasteiger partial charge is 0.516 e. The first-order valence-corrected chi connectivity index (χ1v) is 5.44. The fourth-order valence-corrected chi connectivity index (χ4v) is 3.46. The SMILES string of the molecule is [2H]C(O)=C1CC2(C)C(=O)C(C(F)(F)F)C1C2(C)C. The van der Waals surface area contributed by atoms with E-state index in [0.717, 1.165) is 0 Å². The third-order valence-electron chi connectivity index (χ3n) is 4.77. The Morgan fingerprint density at radius 3 is 2.35 bits per heavy atom. The van der Waals surface area contributed by atoms with Gasteiger partial charge in [0.2, 0.25) is 0 Å². The van der Waals surface area contributed by atoms with Crippen LogP contribution in [0.5, 0.6) is 0 Å². The number of hydrogen-bond donors (Lipinski definition) is 1. The van der Waals surface area contributed by atoms with Crippen LogP contribution in [-0.2, 0) is 4.79 Å². The summed E-state index contributed by atoms with van der Waals surface area (Å²) in [7, 11) is 0. The first-order valence-electron chi connectivity index (χ1n) is 5.94. The predicted octanol–water partition coefficient (Wildman–Crippen LogP) is 3.24. The summed E-state index contributed by atoms with van der Waals surface area (Å²) in [6.07, 6.45) is -5.40. The molecule has 0 heterocycles. The van der Waals surface area contributed by atoms with Gasteiger partial charge in [0, 0.05) is 11.3 Å². The minimum Gasteiger partial charge on any atom is -0.516 e. The van der Waals surface area contributed by atoms with Gasteiger partial charge in [-0.3, -0.25) is 4.79 Å². The Morgan fingerprint density at radius 1 is 1.47 bits per heavy atom. The summed E-state index contributed by atoms with van der Waals surface area (Å²) in [6.45, 7) is 4.72. The topological polar surface area (TPSA) is 37.3 Å². The van der Waals surface area contributed by atoms with Crippen molar-refractivity contribution in [2.75, 3.05) is 0 Å². The molecule has 0 amide bonds. The van der Waals surface area contributed by atoms with Gasteiger partial charge in [-0.1, -0.05) is 20.8 Å². The maximum atomic E-state index is 13.0. The van der Waals surface area contributed by atoms with Gasteiger partial charge in [-0.05, 0) is 17.4 Å². The van der Waals surface area contributed by atoms with Crippen molar-refractivity contribution in [2.45, 2.75) is 33.4 Å². The number of fused-ring (bicyclic) bond motifs is 2. The van der Waals surface area contributed by atoms with Crippen molar-refractivity contribution in [1.82, 2.24) is 0 Å². The van der Waals surface area contributed by atoms with Crippen molar-refractivity contribution in [3.05, 3.63) is 11.8 Å². The number of halogens is 3. The molecule has 5 heteroatoms. The molecule has 2 saturated carbocycles. The normalized spacial score (nSPS) is 43.9. The summed E-state index contributed by atoms with van der Waals surface area (Å²) in [5.41, 5.74) is -1.99. The van der Waals surface area contributed by atoms with E-state index < -0.39 is 40.9 Å². The second kappa shape index (κ2) is 3.06. The maximum Gasteiger partial charge on any atom is 0.399 e. The fraction of sp³-hybridized carbons (Fsp3) is 0.750. The highest BCUT2D eigenvalue weighted by molar-refractivity contribution is 5.93. The van der Waals surface area contributed by atoms with Gasteiger partial charge in [-0.25, -0.2) is 0 Å². The molecule has 3 unspecified atom stereocenters. The van der Waals surface area contributed by atoms with E-state index in [1.54, 1.807) is 13.8 Å². The van der Waals surface area contributed by atoms with Gasteiger partial charge >= 0.3 is 6.18 Å². The number of carbonyl (C=O) groups is 1. The van der Waals surface area contributed by atoms with Crippen LogP contribution in [0.2, 0.25) is 0 Å². The number of alkyl halides is 3. The van der Waals surface area contributed by atoms with Gasteiger partial charge in [0.15, 0.2) is 5.78 Å². The molecule has 0 spiro atoms. The number of hydrogen-bond acceptors (Lipinski definition) is 2. The zero-order valence-electron chi connectivity index (χ0n) is 10.9. The second-order valence-electron chi connectivity index (χ2n) is 5.73. The average Bonchev–Trinajstić information content (AvgIpc) is 2.45. The second-order valence-corrected chi connectivity index (χ2v) is 5.73. The molecule has 0 aromatic heterocycles. The Hall–Kier alpha value is -1.00. The van der Waals surface area contributed by atoms with E-state index in [9.17, 15) is 23.1 Å². The van der Waals surface area contributed by atoms with Gasteiger partial charge in [0.05, 0.1) is 6.24 Å². The highest BCUT2D eigenvalue weighted by atomic mass is 19.4. The van der Waals surface area contributed by atoms with Crippen LogP contribution in [0.15, 0.2) is 11.8 Å². The molecule has 0 aromatic carbocycles. The van der Waals surface area contributed by atoms with Crippen molar-refractivity contribution in [3.8, 4) is 0 Å². The predicted molar refractivity (Wildman–Crippen MR) is 55.3 cm³/mol. The Bertz CT molecular complexity index is 449. The van der Waals surface area contributed by atoms with E-state index in [4.69, 9.17) is 1.37 Å². The highest BCUT2D eigenvalue weighted by Gasteiger charge is 2.73. The van der Waals surface area contributed by atoms with Crippen LogP contribution in [0, 0.1) is 22.7 Å². The molecule has 2 aliphatic carbocycles. The van der Waals surface area contributed by atoms with E-state index in [-0.39, 0.29) is 12.0 Å². The Kier molecular flexibility index (Phi) is 2.00. The number of aliphatic hydroxyl groups excluding tert-OH is 1. The molecular weight excluding hydrogens is 233 g/mol. The number of allylic oxidation sites excluding steroid dienone is 1. The van der Waals surface area contributed by atoms with E-state index in [1.807, 2.05) is 0 Å². The lowest BCUT2D eigenvalue weighted by Crippen LogP contribution is -2.39. The zero-order chi connectivity index (χ0) is 14.1. The van der Waals surface area contributed by atoms with Crippen molar-refractivity contribution in [3.63, 3.8) is 0 Å². The van der Waals surface area contributed by atoms with Crippen LogP contribution in [0.25, 0.3) is 0 Å². The van der Waals surface area contributed by atoms with Gasteiger partial charge < -0.3 is 5.11 Å². The molecule has 2 nitrogen and oxygen atoms in total. The number of aliphatic hydroxyl groups is 1. The smallest absolute Gasteiger partial charge is 0.399 e. The maximum absolute atomic E-state index is 13.0. The summed E-state index contributed by atoms with van der Waals surface area (Å²) < 4.78 is 46.3. The van der Waals surface area contributed by atoms with Gasteiger partial charge in [-0.2, -0.15) is 13.2 Å². The minimum atomic E-state index is -4.63. The lowest BCUT2D eigenvalue weighted by molar-refractivity contribution is -0.188. The summed E-state index contributed by atoms with van der Waals surface area (Å²) in [5, 5.41) is 9.26. The van der Waals surface area contributed by atoms with Crippen LogP contribution in [0.4, 0.5) is 13.2 Å². The molecular formula is C12H15F3O2. The first kappa shape index (κ1) is 11.1. The van der Waals surface area contributed by atoms with Crippen molar-refractivity contribution in [2.24, 2.45) is 22.7 Å². The molecule has 96 valence electrons. The van der Waals surface area contributed by atoms with E-state index in [1.165, 1.54) is 6.92 Å². The first-order chi connectivity index (χ1) is 7.94. The van der Waals surface area contributed by atoms with Crippen molar-refractivity contribution < 1.29 is 24.4 Å². The summed E-state index contributed by atoms with van der Waals surface area (Å²) in [4.78, 5) is 12.0. The number of ketones is 1. The average molecular weight is 249 g/mol. The van der Waals surface area contributed by atoms with Crippen LogP contribution in [-0.4, -0.2) is 17.1 Å². The Morgan fingerprint density at radius 2 is 2.00 bits per heavy atom. The lowest BCUT2D eigenvalue weighted by Gasteiger charge is -2.31. The molecule has 0 saturated heterocycles. The molecule has 1 N–H and O–H groups in total. The molecule has 0 radical (unpaired) electrons.